The molecule has 19 heavy (non-hydrogen) atoms. The van der Waals surface area contributed by atoms with Crippen molar-refractivity contribution in [1.82, 2.24) is 20.4 Å². The first-order valence-electron chi connectivity index (χ1n) is 6.98. The number of carbonyl (C=O) groups excluding carboxylic acids is 1. The van der Waals surface area contributed by atoms with E-state index >= 15 is 0 Å². The number of likely N-dealkylation sites (N-methyl/N-ethyl adjacent to an activating group) is 1. The molecule has 0 spiro atoms. The Morgan fingerprint density at radius 2 is 2.42 bits per heavy atom. The maximum Gasteiger partial charge on any atom is 0.254 e. The Bertz CT molecular complexity index is 415. The van der Waals surface area contributed by atoms with Gasteiger partial charge in [0.1, 0.15) is 0 Å². The van der Waals surface area contributed by atoms with Crippen molar-refractivity contribution < 1.29 is 4.79 Å². The Labute approximate surface area is 114 Å². The number of rotatable bonds is 4. The van der Waals surface area contributed by atoms with Crippen molar-refractivity contribution in [2.24, 2.45) is 5.92 Å². The molecule has 0 aliphatic heterocycles. The lowest BCUT2D eigenvalue weighted by molar-refractivity contribution is 0.0675. The minimum atomic E-state index is -0.0480. The number of hydrogen-bond donors (Lipinski definition) is 2. The zero-order valence-electron chi connectivity index (χ0n) is 12.1. The molecule has 1 saturated carbocycles. The second kappa shape index (κ2) is 5.74. The van der Waals surface area contributed by atoms with Gasteiger partial charge in [0.2, 0.25) is 0 Å². The number of hydrogen-bond acceptors (Lipinski definition) is 3. The third-order valence-electron chi connectivity index (χ3n) is 4.35. The molecule has 1 aromatic rings. The average molecular weight is 264 g/mol. The molecule has 2 N–H and O–H groups in total. The lowest BCUT2D eigenvalue weighted by atomic mass is 9.75. The molecular formula is C14H24N4O. The van der Waals surface area contributed by atoms with Crippen LogP contribution in [-0.4, -0.2) is 47.2 Å². The number of amides is 1. The van der Waals surface area contributed by atoms with E-state index in [4.69, 9.17) is 0 Å². The molecule has 1 fully saturated rings. The molecule has 0 saturated heterocycles. The lowest BCUT2D eigenvalue weighted by Crippen LogP contribution is -2.55. The lowest BCUT2D eigenvalue weighted by Gasteiger charge is -2.45. The molecular weight excluding hydrogens is 240 g/mol. The molecule has 2 rings (SSSR count). The fraction of sp³-hybridized carbons (Fsp3) is 0.714. The number of nitrogens with one attached hydrogen (secondary N) is 2. The topological polar surface area (TPSA) is 61.0 Å². The Morgan fingerprint density at radius 1 is 1.63 bits per heavy atom. The SMILES string of the molecule is CC1CCCC(CNC(=O)c2cn[nH]c2)(N(C)C)C1. The standard InChI is InChI=1S/C14H24N4O/c1-11-5-4-6-14(7-11,18(2)3)10-15-13(19)12-8-16-17-9-12/h8-9,11H,4-7,10H2,1-3H3,(H,15,19)(H,16,17). The molecule has 5 heteroatoms. The molecule has 2 atom stereocenters. The average Bonchev–Trinajstić information content (AvgIpc) is 2.89. The molecule has 106 valence electrons. The summed E-state index contributed by atoms with van der Waals surface area (Å²) >= 11 is 0. The molecule has 1 aliphatic rings. The predicted molar refractivity (Wildman–Crippen MR) is 75.0 cm³/mol. The van der Waals surface area contributed by atoms with E-state index in [-0.39, 0.29) is 11.4 Å². The summed E-state index contributed by atoms with van der Waals surface area (Å²) in [6.07, 6.45) is 8.01. The Hall–Kier alpha value is -1.36. The van der Waals surface area contributed by atoms with E-state index in [9.17, 15) is 4.79 Å². The zero-order valence-corrected chi connectivity index (χ0v) is 12.1. The second-order valence-electron chi connectivity index (χ2n) is 5.99. The summed E-state index contributed by atoms with van der Waals surface area (Å²) in [7, 11) is 4.23. The van der Waals surface area contributed by atoms with Crippen LogP contribution in [0.5, 0.6) is 0 Å². The van der Waals surface area contributed by atoms with Crippen LogP contribution in [0.3, 0.4) is 0 Å². The fourth-order valence-electron chi connectivity index (χ4n) is 3.08. The smallest absolute Gasteiger partial charge is 0.254 e. The van der Waals surface area contributed by atoms with Gasteiger partial charge in [-0.2, -0.15) is 5.10 Å². The van der Waals surface area contributed by atoms with Crippen molar-refractivity contribution in [1.29, 1.82) is 0 Å². The first kappa shape index (κ1) is 14.1. The van der Waals surface area contributed by atoms with Gasteiger partial charge in [-0.3, -0.25) is 9.89 Å². The monoisotopic (exact) mass is 264 g/mol. The van der Waals surface area contributed by atoms with Gasteiger partial charge in [0.15, 0.2) is 0 Å². The van der Waals surface area contributed by atoms with E-state index in [0.717, 1.165) is 18.8 Å². The fourth-order valence-corrected chi connectivity index (χ4v) is 3.08. The van der Waals surface area contributed by atoms with Gasteiger partial charge in [-0.15, -0.1) is 0 Å². The van der Waals surface area contributed by atoms with Gasteiger partial charge in [-0.05, 0) is 32.9 Å². The number of aromatic nitrogens is 2. The molecule has 1 amide bonds. The maximum absolute atomic E-state index is 12.0. The highest BCUT2D eigenvalue weighted by Crippen LogP contribution is 2.35. The van der Waals surface area contributed by atoms with Crippen molar-refractivity contribution in [3.8, 4) is 0 Å². The summed E-state index contributed by atoms with van der Waals surface area (Å²) < 4.78 is 0. The molecule has 0 aromatic carbocycles. The summed E-state index contributed by atoms with van der Waals surface area (Å²) in [4.78, 5) is 14.3. The van der Waals surface area contributed by atoms with E-state index < -0.39 is 0 Å². The Kier molecular flexibility index (Phi) is 4.24. The molecule has 1 aromatic heterocycles. The van der Waals surface area contributed by atoms with Crippen LogP contribution >= 0.6 is 0 Å². The molecule has 0 radical (unpaired) electrons. The second-order valence-corrected chi connectivity index (χ2v) is 5.99. The maximum atomic E-state index is 12.0. The van der Waals surface area contributed by atoms with Gasteiger partial charge < -0.3 is 10.2 Å². The van der Waals surface area contributed by atoms with Crippen molar-refractivity contribution in [2.45, 2.75) is 38.1 Å². The van der Waals surface area contributed by atoms with Gasteiger partial charge in [0.25, 0.3) is 5.91 Å². The van der Waals surface area contributed by atoms with Crippen LogP contribution in [0.15, 0.2) is 12.4 Å². The third kappa shape index (κ3) is 3.15. The minimum absolute atomic E-state index is 0.0480. The zero-order chi connectivity index (χ0) is 13.9. The number of nitrogens with zero attached hydrogens (tertiary/aromatic N) is 2. The Balaban J connectivity index is 1.99. The largest absolute Gasteiger partial charge is 0.350 e. The van der Waals surface area contributed by atoms with E-state index in [1.165, 1.54) is 12.8 Å². The summed E-state index contributed by atoms with van der Waals surface area (Å²) in [5.74, 6) is 0.676. The quantitative estimate of drug-likeness (QED) is 0.869. The van der Waals surface area contributed by atoms with Gasteiger partial charge >= 0.3 is 0 Å². The van der Waals surface area contributed by atoms with Crippen molar-refractivity contribution in [3.05, 3.63) is 18.0 Å². The summed E-state index contributed by atoms with van der Waals surface area (Å²) in [6, 6.07) is 0. The van der Waals surface area contributed by atoms with Crippen LogP contribution in [-0.2, 0) is 0 Å². The number of carbonyl (C=O) groups is 1. The van der Waals surface area contributed by atoms with Crippen molar-refractivity contribution >= 4 is 5.91 Å². The normalized spacial score (nSPS) is 27.5. The van der Waals surface area contributed by atoms with E-state index in [2.05, 4.69) is 41.4 Å². The first-order chi connectivity index (χ1) is 9.03. The van der Waals surface area contributed by atoms with Crippen LogP contribution in [0.25, 0.3) is 0 Å². The first-order valence-corrected chi connectivity index (χ1v) is 6.98. The molecule has 1 aliphatic carbocycles. The van der Waals surface area contributed by atoms with Crippen molar-refractivity contribution in [2.75, 3.05) is 20.6 Å². The third-order valence-corrected chi connectivity index (χ3v) is 4.35. The summed E-state index contributed by atoms with van der Waals surface area (Å²) in [6.45, 7) is 3.00. The van der Waals surface area contributed by atoms with E-state index in [1.54, 1.807) is 12.4 Å². The number of aromatic amines is 1. The molecule has 0 bridgehead atoms. The van der Waals surface area contributed by atoms with Gasteiger partial charge in [0.05, 0.1) is 11.8 Å². The summed E-state index contributed by atoms with van der Waals surface area (Å²) in [5.41, 5.74) is 0.689. The minimum Gasteiger partial charge on any atom is -0.350 e. The van der Waals surface area contributed by atoms with E-state index in [0.29, 0.717) is 12.1 Å². The van der Waals surface area contributed by atoms with Crippen LogP contribution in [0.1, 0.15) is 43.0 Å². The summed E-state index contributed by atoms with van der Waals surface area (Å²) in [5, 5.41) is 9.53. The highest BCUT2D eigenvalue weighted by atomic mass is 16.1. The van der Waals surface area contributed by atoms with Crippen LogP contribution in [0.2, 0.25) is 0 Å². The van der Waals surface area contributed by atoms with Gasteiger partial charge in [-0.25, -0.2) is 0 Å². The number of H-pyrrole nitrogens is 1. The Morgan fingerprint density at radius 3 is 3.00 bits per heavy atom. The molecule has 5 nitrogen and oxygen atoms in total. The van der Waals surface area contributed by atoms with Crippen LogP contribution in [0.4, 0.5) is 0 Å². The highest BCUT2D eigenvalue weighted by Gasteiger charge is 2.37. The van der Waals surface area contributed by atoms with Gasteiger partial charge in [0, 0.05) is 18.3 Å². The van der Waals surface area contributed by atoms with Crippen LogP contribution < -0.4 is 5.32 Å². The van der Waals surface area contributed by atoms with E-state index in [1.807, 2.05) is 0 Å². The highest BCUT2D eigenvalue weighted by molar-refractivity contribution is 5.93. The van der Waals surface area contributed by atoms with Crippen molar-refractivity contribution in [3.63, 3.8) is 0 Å². The molecule has 2 unspecified atom stereocenters. The molecule has 1 heterocycles. The van der Waals surface area contributed by atoms with Crippen LogP contribution in [0, 0.1) is 5.92 Å². The predicted octanol–water partition coefficient (Wildman–Crippen LogP) is 1.65. The van der Waals surface area contributed by atoms with Gasteiger partial charge in [-0.1, -0.05) is 19.8 Å².